The number of benzene rings is 1. The second kappa shape index (κ2) is 5.24. The van der Waals surface area contributed by atoms with Crippen molar-refractivity contribution in [3.05, 3.63) is 29.3 Å². The first kappa shape index (κ1) is 15.1. The van der Waals surface area contributed by atoms with Gasteiger partial charge in [-0.2, -0.15) is 4.31 Å². The van der Waals surface area contributed by atoms with Crippen molar-refractivity contribution in [1.82, 2.24) is 4.31 Å². The summed E-state index contributed by atoms with van der Waals surface area (Å²) >= 11 is 12.0. The van der Waals surface area contributed by atoms with Crippen molar-refractivity contribution in [2.75, 3.05) is 13.1 Å². The predicted molar refractivity (Wildman–Crippen MR) is 78.2 cm³/mol. The van der Waals surface area contributed by atoms with E-state index in [0.717, 1.165) is 0 Å². The zero-order chi connectivity index (χ0) is 14.3. The van der Waals surface area contributed by atoms with Crippen molar-refractivity contribution in [3.63, 3.8) is 0 Å². The van der Waals surface area contributed by atoms with Crippen molar-refractivity contribution in [1.29, 1.82) is 0 Å². The van der Waals surface area contributed by atoms with Gasteiger partial charge in [0.05, 0.1) is 4.90 Å². The highest BCUT2D eigenvalue weighted by Gasteiger charge is 2.39. The quantitative estimate of drug-likeness (QED) is 0.783. The summed E-state index contributed by atoms with van der Waals surface area (Å²) < 4.78 is 26.6. The maximum Gasteiger partial charge on any atom is 0.243 e. The third-order valence-corrected chi connectivity index (χ3v) is 6.44. The van der Waals surface area contributed by atoms with E-state index in [9.17, 15) is 8.42 Å². The number of hydrogen-bond donors (Lipinski definition) is 0. The Morgan fingerprint density at radius 3 is 2.37 bits per heavy atom. The lowest BCUT2D eigenvalue weighted by molar-refractivity contribution is 0.192. The fourth-order valence-corrected chi connectivity index (χ4v) is 4.16. The molecule has 0 radical (unpaired) electrons. The van der Waals surface area contributed by atoms with Crippen molar-refractivity contribution >= 4 is 33.2 Å². The molecule has 1 aromatic rings. The molecule has 2 rings (SSSR count). The second-order valence-corrected chi connectivity index (χ2v) is 8.44. The van der Waals surface area contributed by atoms with Gasteiger partial charge in [-0.25, -0.2) is 8.42 Å². The maximum absolute atomic E-state index is 12.5. The molecule has 1 aliphatic heterocycles. The molecule has 3 nitrogen and oxygen atoms in total. The first-order chi connectivity index (χ1) is 8.73. The van der Waals surface area contributed by atoms with Crippen LogP contribution < -0.4 is 0 Å². The lowest BCUT2D eigenvalue weighted by Gasteiger charge is -2.40. The van der Waals surface area contributed by atoms with E-state index in [1.165, 1.54) is 16.4 Å². The Hall–Kier alpha value is -0.290. The highest BCUT2D eigenvalue weighted by Crippen LogP contribution is 2.35. The highest BCUT2D eigenvalue weighted by molar-refractivity contribution is 7.89. The maximum atomic E-state index is 12.5. The minimum absolute atomic E-state index is 0.00386. The van der Waals surface area contributed by atoms with Crippen molar-refractivity contribution < 1.29 is 8.42 Å². The van der Waals surface area contributed by atoms with Crippen LogP contribution in [0.5, 0.6) is 0 Å². The first-order valence-corrected chi connectivity index (χ1v) is 8.39. The van der Waals surface area contributed by atoms with Gasteiger partial charge in [0.1, 0.15) is 0 Å². The van der Waals surface area contributed by atoms with E-state index in [-0.39, 0.29) is 15.7 Å². The fourth-order valence-electron chi connectivity index (χ4n) is 2.24. The van der Waals surface area contributed by atoms with Gasteiger partial charge in [-0.15, -0.1) is 11.6 Å². The summed E-state index contributed by atoms with van der Waals surface area (Å²) in [7, 11) is -3.46. The Balaban J connectivity index is 2.28. The average molecular weight is 322 g/mol. The molecule has 1 atom stereocenters. The summed E-state index contributed by atoms with van der Waals surface area (Å²) in [5.74, 6) is 0. The van der Waals surface area contributed by atoms with Crippen LogP contribution in [-0.4, -0.2) is 31.2 Å². The minimum Gasteiger partial charge on any atom is -0.207 e. The molecule has 1 fully saturated rings. The first-order valence-electron chi connectivity index (χ1n) is 6.13. The number of halogens is 2. The van der Waals surface area contributed by atoms with Crippen LogP contribution in [0.25, 0.3) is 0 Å². The molecule has 0 bridgehead atoms. The minimum atomic E-state index is -3.46. The van der Waals surface area contributed by atoms with E-state index in [1.54, 1.807) is 12.1 Å². The van der Waals surface area contributed by atoms with Crippen LogP contribution in [0.2, 0.25) is 5.02 Å². The van der Waals surface area contributed by atoms with Gasteiger partial charge in [0, 0.05) is 23.5 Å². The zero-order valence-electron chi connectivity index (χ0n) is 10.9. The van der Waals surface area contributed by atoms with Gasteiger partial charge in [0.25, 0.3) is 0 Å². The molecule has 0 aliphatic carbocycles. The Morgan fingerprint density at radius 2 is 1.84 bits per heavy atom. The summed E-state index contributed by atoms with van der Waals surface area (Å²) in [5.41, 5.74) is -0.223. The number of nitrogens with zero attached hydrogens (tertiary/aromatic N) is 1. The standard InChI is InChI=1S/C13H17Cl2NO2S/c1-13(2)9-16(8-7-12(13)15)19(17,18)11-5-3-10(14)4-6-11/h3-6,12H,7-9H2,1-2H3. The molecule has 1 saturated heterocycles. The van der Waals surface area contributed by atoms with Crippen LogP contribution in [-0.2, 0) is 10.0 Å². The van der Waals surface area contributed by atoms with Crippen LogP contribution in [0, 0.1) is 5.41 Å². The third kappa shape index (κ3) is 3.07. The van der Waals surface area contributed by atoms with Crippen molar-refractivity contribution in [2.24, 2.45) is 5.41 Å². The molecule has 1 aliphatic rings. The third-order valence-electron chi connectivity index (χ3n) is 3.52. The van der Waals surface area contributed by atoms with Gasteiger partial charge in [0.15, 0.2) is 0 Å². The summed E-state index contributed by atoms with van der Waals surface area (Å²) in [6, 6.07) is 6.26. The van der Waals surface area contributed by atoms with Gasteiger partial charge in [-0.05, 0) is 36.1 Å². The second-order valence-electron chi connectivity index (χ2n) is 5.54. The molecule has 106 valence electrons. The molecule has 1 heterocycles. The van der Waals surface area contributed by atoms with Crippen LogP contribution in [0.1, 0.15) is 20.3 Å². The molecule has 0 aromatic heterocycles. The SMILES string of the molecule is CC1(C)CN(S(=O)(=O)c2ccc(Cl)cc2)CCC1Cl. The van der Waals surface area contributed by atoms with Crippen molar-refractivity contribution in [2.45, 2.75) is 30.5 Å². The van der Waals surface area contributed by atoms with Crippen LogP contribution in [0.4, 0.5) is 0 Å². The van der Waals surface area contributed by atoms with E-state index in [1.807, 2.05) is 13.8 Å². The summed E-state index contributed by atoms with van der Waals surface area (Å²) in [6.45, 7) is 4.89. The van der Waals surface area contributed by atoms with E-state index < -0.39 is 10.0 Å². The highest BCUT2D eigenvalue weighted by atomic mass is 35.5. The lowest BCUT2D eigenvalue weighted by atomic mass is 9.85. The molecule has 19 heavy (non-hydrogen) atoms. The fraction of sp³-hybridized carbons (Fsp3) is 0.538. The molecular weight excluding hydrogens is 305 g/mol. The van der Waals surface area contributed by atoms with Gasteiger partial charge in [0.2, 0.25) is 10.0 Å². The Kier molecular flexibility index (Phi) is 4.17. The smallest absolute Gasteiger partial charge is 0.207 e. The molecule has 6 heteroatoms. The molecule has 0 amide bonds. The Morgan fingerprint density at radius 1 is 1.26 bits per heavy atom. The summed E-state index contributed by atoms with van der Waals surface area (Å²) in [6.07, 6.45) is 0.668. The number of piperidine rings is 1. The number of hydrogen-bond acceptors (Lipinski definition) is 2. The lowest BCUT2D eigenvalue weighted by Crippen LogP contribution is -2.48. The summed E-state index contributed by atoms with van der Waals surface area (Å²) in [4.78, 5) is 0.278. The van der Waals surface area contributed by atoms with Gasteiger partial charge in [-0.1, -0.05) is 25.4 Å². The van der Waals surface area contributed by atoms with E-state index in [4.69, 9.17) is 23.2 Å². The van der Waals surface area contributed by atoms with E-state index in [0.29, 0.717) is 24.5 Å². The van der Waals surface area contributed by atoms with Crippen molar-refractivity contribution in [3.8, 4) is 0 Å². The van der Waals surface area contributed by atoms with Crippen LogP contribution in [0.15, 0.2) is 29.2 Å². The Bertz CT molecular complexity index is 555. The van der Waals surface area contributed by atoms with Crippen LogP contribution >= 0.6 is 23.2 Å². The largest absolute Gasteiger partial charge is 0.243 e. The molecule has 0 saturated carbocycles. The normalized spacial score (nSPS) is 24.3. The number of rotatable bonds is 2. The molecule has 0 N–H and O–H groups in total. The van der Waals surface area contributed by atoms with Gasteiger partial charge in [-0.3, -0.25) is 0 Å². The summed E-state index contributed by atoms with van der Waals surface area (Å²) in [5, 5.41) is 0.530. The average Bonchev–Trinajstić information content (AvgIpc) is 2.33. The molecular formula is C13H17Cl2NO2S. The number of alkyl halides is 1. The number of sulfonamides is 1. The molecule has 1 unspecified atom stereocenters. The zero-order valence-corrected chi connectivity index (χ0v) is 13.3. The topological polar surface area (TPSA) is 37.4 Å². The van der Waals surface area contributed by atoms with E-state index in [2.05, 4.69) is 0 Å². The molecule has 1 aromatic carbocycles. The Labute approximate surface area is 124 Å². The molecule has 0 spiro atoms. The van der Waals surface area contributed by atoms with Gasteiger partial charge >= 0.3 is 0 Å². The monoisotopic (exact) mass is 321 g/mol. The van der Waals surface area contributed by atoms with Gasteiger partial charge < -0.3 is 0 Å². The van der Waals surface area contributed by atoms with Crippen LogP contribution in [0.3, 0.4) is 0 Å². The predicted octanol–water partition coefficient (Wildman–Crippen LogP) is 3.37. The van der Waals surface area contributed by atoms with E-state index >= 15 is 0 Å².